The number of aromatic amines is 1. The minimum Gasteiger partial charge on any atom is -0.363 e. The van der Waals surface area contributed by atoms with Gasteiger partial charge in [0.2, 0.25) is 0 Å². The van der Waals surface area contributed by atoms with E-state index in [-0.39, 0.29) is 11.5 Å². The molecule has 0 bridgehead atoms. The smallest absolute Gasteiger partial charge is 0.356 e. The summed E-state index contributed by atoms with van der Waals surface area (Å²) in [6.45, 7) is 17.1. The maximum Gasteiger partial charge on any atom is 0.356 e. The third kappa shape index (κ3) is 7.06. The molecule has 0 radical (unpaired) electrons. The van der Waals surface area contributed by atoms with Crippen LogP contribution in [-0.4, -0.2) is 62.9 Å². The minimum absolute atomic E-state index is 0.0767. The predicted octanol–water partition coefficient (Wildman–Crippen LogP) is 9.29. The molecule has 1 aliphatic heterocycles. The average Bonchev–Trinajstić information content (AvgIpc) is 3.44. The number of rotatable bonds is 17. The fraction of sp³-hybridized carbons (Fsp3) is 0.730. The van der Waals surface area contributed by atoms with Crippen molar-refractivity contribution in [1.29, 1.82) is 0 Å². The molecule has 0 amide bonds. The standard InChI is InChI=1S/C37H60ClN6O3S/c1-8-12-15-27(10-3)24-44(25-28(11-4)16-13-9-2)37(48(44,45)46)22-14-17-31(23-37)47-26-39-30-20-18-29(19-21-30)34-40-35-32(38)33(36(5,6)7)41-43(35)42-34/h18-21,27-28,31,39,41H,8-17,22-26H2,1-7H3/q+1. The zero-order chi connectivity index (χ0) is 34.7. The Balaban J connectivity index is 1.24. The van der Waals surface area contributed by atoms with Gasteiger partial charge in [0.15, 0.2) is 11.5 Å². The van der Waals surface area contributed by atoms with Crippen LogP contribution < -0.4 is 5.32 Å². The lowest BCUT2D eigenvalue weighted by Crippen LogP contribution is -2.46. The minimum atomic E-state index is -3.29. The molecule has 1 saturated carbocycles. The second kappa shape index (κ2) is 15.0. The summed E-state index contributed by atoms with van der Waals surface area (Å²) in [5.41, 5.74) is 3.21. The summed E-state index contributed by atoms with van der Waals surface area (Å²) in [6.07, 6.45) is 12.0. The van der Waals surface area contributed by atoms with Gasteiger partial charge in [-0.25, -0.2) is 4.98 Å². The topological polar surface area (TPSA) is 101 Å². The molecule has 48 heavy (non-hydrogen) atoms. The van der Waals surface area contributed by atoms with E-state index in [1.54, 1.807) is 4.63 Å². The van der Waals surface area contributed by atoms with E-state index in [4.69, 9.17) is 16.3 Å². The monoisotopic (exact) mass is 703 g/mol. The van der Waals surface area contributed by atoms with Crippen LogP contribution in [0.4, 0.5) is 5.69 Å². The van der Waals surface area contributed by atoms with E-state index in [2.05, 4.69) is 69.0 Å². The van der Waals surface area contributed by atoms with Gasteiger partial charge in [-0.05, 0) is 62.8 Å². The Labute approximate surface area is 294 Å². The van der Waals surface area contributed by atoms with Crippen molar-refractivity contribution < 1.29 is 17.0 Å². The van der Waals surface area contributed by atoms with E-state index in [0.29, 0.717) is 45.4 Å². The molecule has 2 N–H and O–H groups in total. The summed E-state index contributed by atoms with van der Waals surface area (Å²) >= 11 is 6.62. The molecule has 268 valence electrons. The first-order valence-electron chi connectivity index (χ1n) is 18.6. The number of fused-ring (bicyclic) bond motifs is 1. The second-order valence-corrected chi connectivity index (χ2v) is 18.3. The highest BCUT2D eigenvalue weighted by atomic mass is 35.5. The molecule has 2 fully saturated rings. The number of benzene rings is 1. The summed E-state index contributed by atoms with van der Waals surface area (Å²) in [5, 5.41) is 11.9. The van der Waals surface area contributed by atoms with Crippen LogP contribution in [0.25, 0.3) is 17.0 Å². The molecule has 3 aromatic rings. The fourth-order valence-corrected chi connectivity index (χ4v) is 11.8. The van der Waals surface area contributed by atoms with Crippen molar-refractivity contribution in [2.75, 3.05) is 25.1 Å². The van der Waals surface area contributed by atoms with Crippen molar-refractivity contribution in [2.45, 2.75) is 142 Å². The fourth-order valence-electron chi connectivity index (χ4n) is 8.13. The van der Waals surface area contributed by atoms with Crippen LogP contribution in [0.5, 0.6) is 0 Å². The maximum absolute atomic E-state index is 14.3. The largest absolute Gasteiger partial charge is 0.363 e. The van der Waals surface area contributed by atoms with Gasteiger partial charge in [0, 0.05) is 34.9 Å². The Hall–Kier alpha value is -2.14. The highest BCUT2D eigenvalue weighted by molar-refractivity contribution is 7.92. The predicted molar refractivity (Wildman–Crippen MR) is 197 cm³/mol. The first-order valence-corrected chi connectivity index (χ1v) is 20.4. The molecule has 3 heterocycles. The molecule has 1 aliphatic carbocycles. The molecule has 5 rings (SSSR count). The first-order chi connectivity index (χ1) is 22.9. The zero-order valence-corrected chi connectivity index (χ0v) is 32.0. The summed E-state index contributed by atoms with van der Waals surface area (Å²) in [6, 6.07) is 7.96. The quantitative estimate of drug-likeness (QED) is 0.0826. The summed E-state index contributed by atoms with van der Waals surface area (Å²) < 4.78 is 37.0. The molecule has 1 aromatic carbocycles. The number of ether oxygens (including phenoxy) is 1. The van der Waals surface area contributed by atoms with Gasteiger partial charge in [-0.1, -0.05) is 85.8 Å². The van der Waals surface area contributed by atoms with Gasteiger partial charge in [0.25, 0.3) is 4.87 Å². The number of H-pyrrole nitrogens is 1. The number of nitrogens with one attached hydrogen (secondary N) is 2. The van der Waals surface area contributed by atoms with Crippen molar-refractivity contribution in [3.63, 3.8) is 0 Å². The molecule has 11 heteroatoms. The number of nitrogens with zero attached hydrogens (tertiary/aromatic N) is 4. The van der Waals surface area contributed by atoms with E-state index >= 15 is 0 Å². The van der Waals surface area contributed by atoms with Gasteiger partial charge in [0.1, 0.15) is 11.8 Å². The summed E-state index contributed by atoms with van der Waals surface area (Å²) in [5.74, 6) is 1.49. The lowest BCUT2D eigenvalue weighted by atomic mass is 9.88. The molecule has 2 aliphatic rings. The van der Waals surface area contributed by atoms with Crippen molar-refractivity contribution in [2.24, 2.45) is 11.8 Å². The molecule has 2 aromatic heterocycles. The Morgan fingerprint density at radius 3 is 2.23 bits per heavy atom. The van der Waals surface area contributed by atoms with Crippen molar-refractivity contribution in [3.05, 3.63) is 35.0 Å². The van der Waals surface area contributed by atoms with E-state index < -0.39 is 14.9 Å². The van der Waals surface area contributed by atoms with Crippen LogP contribution >= 0.6 is 11.6 Å². The molecule has 4 unspecified atom stereocenters. The average molecular weight is 704 g/mol. The number of halogens is 1. The van der Waals surface area contributed by atoms with Crippen LogP contribution in [0.15, 0.2) is 24.3 Å². The van der Waals surface area contributed by atoms with E-state index in [0.717, 1.165) is 87.8 Å². The Kier molecular flexibility index (Phi) is 11.6. The van der Waals surface area contributed by atoms with E-state index in [9.17, 15) is 8.42 Å². The van der Waals surface area contributed by atoms with E-state index in [1.165, 1.54) is 12.8 Å². The van der Waals surface area contributed by atoms with Crippen LogP contribution in [0.2, 0.25) is 5.02 Å². The van der Waals surface area contributed by atoms with Gasteiger partial charge in [-0.2, -0.15) is 16.9 Å². The zero-order valence-electron chi connectivity index (χ0n) is 30.4. The highest BCUT2D eigenvalue weighted by Gasteiger charge is 2.86. The lowest BCUT2D eigenvalue weighted by Gasteiger charge is -2.32. The summed E-state index contributed by atoms with van der Waals surface area (Å²) in [4.78, 5) is 4.00. The van der Waals surface area contributed by atoms with Crippen LogP contribution in [-0.2, 0) is 20.2 Å². The van der Waals surface area contributed by atoms with Crippen molar-refractivity contribution in [3.8, 4) is 11.4 Å². The molecule has 1 spiro atoms. The van der Waals surface area contributed by atoms with Crippen LogP contribution in [0.3, 0.4) is 0 Å². The van der Waals surface area contributed by atoms with Crippen molar-refractivity contribution in [1.82, 2.24) is 19.8 Å². The Morgan fingerprint density at radius 2 is 1.69 bits per heavy atom. The normalized spacial score (nSPS) is 25.0. The van der Waals surface area contributed by atoms with Crippen molar-refractivity contribution >= 4 is 33.0 Å². The van der Waals surface area contributed by atoms with Gasteiger partial charge >= 0.3 is 10.0 Å². The number of anilines is 1. The van der Waals surface area contributed by atoms with Gasteiger partial charge in [-0.3, -0.25) is 5.10 Å². The van der Waals surface area contributed by atoms with E-state index in [1.807, 2.05) is 24.3 Å². The first kappa shape index (κ1) is 37.1. The third-order valence-corrected chi connectivity index (χ3v) is 14.6. The number of sulfonamides is 1. The maximum atomic E-state index is 14.3. The Morgan fingerprint density at radius 1 is 1.06 bits per heavy atom. The molecule has 4 atom stereocenters. The lowest BCUT2D eigenvalue weighted by molar-refractivity contribution is -0.786. The number of unbranched alkanes of at least 4 members (excludes halogenated alkanes) is 2. The van der Waals surface area contributed by atoms with Crippen LogP contribution in [0, 0.1) is 11.8 Å². The molecule has 1 saturated heterocycles. The molecular formula is C37H60ClN6O3S+. The van der Waals surface area contributed by atoms with Gasteiger partial charge in [-0.15, -0.1) is 5.10 Å². The number of aromatic nitrogens is 4. The third-order valence-electron chi connectivity index (χ3n) is 11.2. The number of hydrogen-bond acceptors (Lipinski definition) is 6. The SMILES string of the molecule is CCCCC(CC)C[N+]1(CC(CC)CCCC)C2(CCCC(OCNc3ccc(-c4nc5c(Cl)c(C(C)(C)C)[nH]n5n4)cc3)C2)S1(=O)=O. The molecular weight excluding hydrogens is 644 g/mol. The second-order valence-electron chi connectivity index (χ2n) is 15.5. The number of quaternary nitrogens is 1. The van der Waals surface area contributed by atoms with Gasteiger partial charge in [0.05, 0.1) is 31.3 Å². The van der Waals surface area contributed by atoms with Crippen LogP contribution in [0.1, 0.15) is 131 Å². The Bertz CT molecular complexity index is 1590. The summed E-state index contributed by atoms with van der Waals surface area (Å²) in [7, 11) is -3.29. The van der Waals surface area contributed by atoms with Gasteiger partial charge < -0.3 is 10.1 Å². The molecule has 9 nitrogen and oxygen atoms in total. The number of hydrogen-bond donors (Lipinski definition) is 2. The highest BCUT2D eigenvalue weighted by Crippen LogP contribution is 2.62.